The SMILES string of the molecule is Cc1cc(/C=C/C#N)cc(C)c1Oc1nc(NC23CC(C#N)(C2)C3)nc2c1C(C)N(c1cnn(C)c1C)C2=O. The third kappa shape index (κ3) is 3.67. The van der Waals surface area contributed by atoms with Gasteiger partial charge in [-0.3, -0.25) is 14.4 Å². The van der Waals surface area contributed by atoms with E-state index in [1.807, 2.05) is 52.9 Å². The molecule has 39 heavy (non-hydrogen) atoms. The number of carbonyl (C=O) groups is 1. The number of amides is 1. The molecule has 3 aliphatic carbocycles. The maximum absolute atomic E-state index is 13.8. The standard InChI is InChI=1S/C29H28N8O2/c1-16-9-20(7-6-8-30)10-17(2)24(16)39-25-22-19(4)37(21-11-32-36(5)18(21)3)26(38)23(22)33-27(34-25)35-29-12-28(13-29,14-29)15-31/h6-7,9-11,19H,12-14H2,1-5H3,(H,33,34,35)/b7-6+. The lowest BCUT2D eigenvalue weighted by Crippen LogP contribution is -2.70. The number of nitrogens with zero attached hydrogens (tertiary/aromatic N) is 7. The predicted molar refractivity (Wildman–Crippen MR) is 144 cm³/mol. The monoisotopic (exact) mass is 520 g/mol. The van der Waals surface area contributed by atoms with Crippen LogP contribution in [0.4, 0.5) is 11.6 Å². The van der Waals surface area contributed by atoms with E-state index in [0.717, 1.165) is 41.6 Å². The number of allylic oxidation sites excluding steroid dienone is 1. The zero-order chi connectivity index (χ0) is 27.7. The molecule has 7 rings (SSSR count). The summed E-state index contributed by atoms with van der Waals surface area (Å²) in [6.07, 6.45) is 7.11. The van der Waals surface area contributed by atoms with E-state index in [2.05, 4.69) is 21.5 Å². The molecule has 3 heterocycles. The highest BCUT2D eigenvalue weighted by Gasteiger charge is 2.69. The van der Waals surface area contributed by atoms with Gasteiger partial charge in [-0.25, -0.2) is 4.98 Å². The van der Waals surface area contributed by atoms with Crippen molar-refractivity contribution in [3.63, 3.8) is 0 Å². The van der Waals surface area contributed by atoms with E-state index >= 15 is 0 Å². The summed E-state index contributed by atoms with van der Waals surface area (Å²) >= 11 is 0. The topological polar surface area (TPSA) is 133 Å². The van der Waals surface area contributed by atoms with Gasteiger partial charge in [-0.05, 0) is 81.9 Å². The zero-order valence-corrected chi connectivity index (χ0v) is 22.5. The number of anilines is 2. The number of benzene rings is 1. The van der Waals surface area contributed by atoms with Crippen LogP contribution in [-0.4, -0.2) is 31.2 Å². The molecule has 3 fully saturated rings. The Kier molecular flexibility index (Phi) is 5.31. The van der Waals surface area contributed by atoms with Crippen LogP contribution >= 0.6 is 0 Å². The quantitative estimate of drug-likeness (QED) is 0.447. The molecule has 1 aromatic carbocycles. The van der Waals surface area contributed by atoms with Crippen LogP contribution in [0, 0.1) is 48.8 Å². The van der Waals surface area contributed by atoms with Gasteiger partial charge < -0.3 is 10.1 Å². The van der Waals surface area contributed by atoms with Gasteiger partial charge in [-0.2, -0.15) is 20.6 Å². The number of nitriles is 2. The first-order valence-electron chi connectivity index (χ1n) is 12.9. The molecular formula is C29H28N8O2. The number of aromatic nitrogens is 4. The fourth-order valence-corrected chi connectivity index (χ4v) is 6.33. The van der Waals surface area contributed by atoms with Crippen LogP contribution < -0.4 is 15.0 Å². The number of hydrogen-bond donors (Lipinski definition) is 1. The third-order valence-electron chi connectivity index (χ3n) is 8.28. The van der Waals surface area contributed by atoms with E-state index < -0.39 is 0 Å². The second-order valence-corrected chi connectivity index (χ2v) is 11.1. The fraction of sp³-hybridized carbons (Fsp3) is 0.379. The molecule has 0 spiro atoms. The van der Waals surface area contributed by atoms with Crippen molar-refractivity contribution in [1.82, 2.24) is 19.7 Å². The van der Waals surface area contributed by atoms with Crippen LogP contribution in [0.3, 0.4) is 0 Å². The van der Waals surface area contributed by atoms with E-state index in [0.29, 0.717) is 34.5 Å². The highest BCUT2D eigenvalue weighted by molar-refractivity contribution is 6.10. The van der Waals surface area contributed by atoms with Gasteiger partial charge in [-0.15, -0.1) is 0 Å². The van der Waals surface area contributed by atoms with Crippen LogP contribution in [0.25, 0.3) is 6.08 Å². The third-order valence-corrected chi connectivity index (χ3v) is 8.28. The molecule has 1 atom stereocenters. The van der Waals surface area contributed by atoms with Gasteiger partial charge in [0.15, 0.2) is 0 Å². The van der Waals surface area contributed by atoms with Crippen LogP contribution in [-0.2, 0) is 7.05 Å². The average Bonchev–Trinajstić information content (AvgIpc) is 3.31. The highest BCUT2D eigenvalue weighted by Crippen LogP contribution is 2.67. The Hall–Kier alpha value is -4.70. The smallest absolute Gasteiger partial charge is 0.278 e. The molecule has 0 radical (unpaired) electrons. The van der Waals surface area contributed by atoms with Crippen LogP contribution in [0.5, 0.6) is 11.6 Å². The number of aryl methyl sites for hydroxylation is 3. The van der Waals surface area contributed by atoms with Crippen LogP contribution in [0.2, 0.25) is 0 Å². The van der Waals surface area contributed by atoms with Crippen molar-refractivity contribution in [2.75, 3.05) is 10.2 Å². The Labute approximate surface area is 226 Å². The van der Waals surface area contributed by atoms with Gasteiger partial charge in [0, 0.05) is 18.7 Å². The highest BCUT2D eigenvalue weighted by atomic mass is 16.5. The fourth-order valence-electron chi connectivity index (χ4n) is 6.33. The van der Waals surface area contributed by atoms with Crippen LogP contribution in [0.1, 0.15) is 70.7 Å². The molecule has 10 heteroatoms. The van der Waals surface area contributed by atoms with Crippen molar-refractivity contribution in [2.24, 2.45) is 12.5 Å². The predicted octanol–water partition coefficient (Wildman–Crippen LogP) is 5.04. The maximum atomic E-state index is 13.8. The number of hydrogen-bond acceptors (Lipinski definition) is 8. The number of rotatable bonds is 6. The molecule has 0 saturated heterocycles. The normalized spacial score (nSPS) is 24.5. The van der Waals surface area contributed by atoms with Crippen molar-refractivity contribution in [1.29, 1.82) is 10.5 Å². The average molecular weight is 521 g/mol. The number of nitrogens with one attached hydrogen (secondary N) is 1. The van der Waals surface area contributed by atoms with E-state index in [1.165, 1.54) is 6.08 Å². The Morgan fingerprint density at radius 3 is 2.44 bits per heavy atom. The first-order chi connectivity index (χ1) is 18.6. The summed E-state index contributed by atoms with van der Waals surface area (Å²) < 4.78 is 8.24. The molecule has 3 saturated carbocycles. The summed E-state index contributed by atoms with van der Waals surface area (Å²) in [5, 5.41) is 26.1. The lowest BCUT2D eigenvalue weighted by molar-refractivity contribution is -0.0665. The van der Waals surface area contributed by atoms with Gasteiger partial charge in [0.2, 0.25) is 11.8 Å². The molecule has 2 bridgehead atoms. The van der Waals surface area contributed by atoms with Gasteiger partial charge >= 0.3 is 0 Å². The van der Waals surface area contributed by atoms with Crippen molar-refractivity contribution >= 4 is 23.6 Å². The Morgan fingerprint density at radius 1 is 1.15 bits per heavy atom. The van der Waals surface area contributed by atoms with Crippen molar-refractivity contribution in [3.05, 3.63) is 58.0 Å². The van der Waals surface area contributed by atoms with Crippen molar-refractivity contribution in [2.45, 2.75) is 58.5 Å². The summed E-state index contributed by atoms with van der Waals surface area (Å²) in [6, 6.07) is 7.94. The van der Waals surface area contributed by atoms with Gasteiger partial charge in [-0.1, -0.05) is 0 Å². The molecule has 1 aliphatic heterocycles. The molecule has 1 amide bonds. The second-order valence-electron chi connectivity index (χ2n) is 11.1. The summed E-state index contributed by atoms with van der Waals surface area (Å²) in [7, 11) is 1.84. The lowest BCUT2D eigenvalue weighted by Gasteiger charge is -2.66. The van der Waals surface area contributed by atoms with Crippen LogP contribution in [0.15, 0.2) is 24.4 Å². The van der Waals surface area contributed by atoms with E-state index in [-0.39, 0.29) is 22.9 Å². The Balaban J connectivity index is 1.42. The minimum atomic E-state index is -0.380. The maximum Gasteiger partial charge on any atom is 0.278 e. The second kappa shape index (κ2) is 8.40. The molecule has 2 aromatic heterocycles. The zero-order valence-electron chi connectivity index (χ0n) is 22.5. The van der Waals surface area contributed by atoms with Crippen molar-refractivity contribution in [3.8, 4) is 23.8 Å². The first-order valence-corrected chi connectivity index (χ1v) is 12.9. The Bertz CT molecular complexity index is 1630. The molecule has 196 valence electrons. The summed E-state index contributed by atoms with van der Waals surface area (Å²) in [4.78, 5) is 25.0. The number of carbonyl (C=O) groups excluding carboxylic acids is 1. The molecule has 1 unspecified atom stereocenters. The molecule has 4 aliphatic rings. The van der Waals surface area contributed by atoms with Gasteiger partial charge in [0.1, 0.15) is 11.4 Å². The molecular weight excluding hydrogens is 492 g/mol. The van der Waals surface area contributed by atoms with E-state index in [4.69, 9.17) is 15.0 Å². The summed E-state index contributed by atoms with van der Waals surface area (Å²) in [6.45, 7) is 7.74. The van der Waals surface area contributed by atoms with Gasteiger partial charge in [0.05, 0.1) is 46.7 Å². The molecule has 1 N–H and O–H groups in total. The van der Waals surface area contributed by atoms with Gasteiger partial charge in [0.25, 0.3) is 5.91 Å². The molecule has 3 aromatic rings. The summed E-state index contributed by atoms with van der Waals surface area (Å²) in [5.74, 6) is 1.05. The van der Waals surface area contributed by atoms with E-state index in [9.17, 15) is 10.1 Å². The first kappa shape index (κ1) is 24.6. The van der Waals surface area contributed by atoms with E-state index in [1.54, 1.807) is 21.9 Å². The number of fused-ring (bicyclic) bond motifs is 1. The van der Waals surface area contributed by atoms with Crippen molar-refractivity contribution < 1.29 is 9.53 Å². The largest absolute Gasteiger partial charge is 0.438 e. The lowest BCUT2D eigenvalue weighted by atomic mass is 9.40. The minimum Gasteiger partial charge on any atom is -0.438 e. The Morgan fingerprint density at radius 2 is 1.85 bits per heavy atom. The molecule has 10 nitrogen and oxygen atoms in total. The summed E-state index contributed by atoms with van der Waals surface area (Å²) in [5.41, 5.74) is 4.68. The minimum absolute atomic E-state index is 0.214. The number of ether oxygens (including phenoxy) is 1.